The summed E-state index contributed by atoms with van der Waals surface area (Å²) in [6.07, 6.45) is 6.49. The number of rotatable bonds is 8. The van der Waals surface area contributed by atoms with Gasteiger partial charge in [-0.3, -0.25) is 9.80 Å². The zero-order valence-corrected chi connectivity index (χ0v) is 13.4. The Morgan fingerprint density at radius 3 is 2.91 bits per heavy atom. The number of hydrogen-bond donors (Lipinski definition) is 3. The molecule has 0 bridgehead atoms. The summed E-state index contributed by atoms with van der Waals surface area (Å²) in [4.78, 5) is 10.6. The molecule has 1 aliphatic carbocycles. The van der Waals surface area contributed by atoms with Crippen molar-refractivity contribution in [3.8, 4) is 0 Å². The second-order valence-electron chi connectivity index (χ2n) is 5.56. The fourth-order valence-corrected chi connectivity index (χ4v) is 3.06. The van der Waals surface area contributed by atoms with Gasteiger partial charge in [-0.25, -0.2) is 13.6 Å². The molecule has 0 fully saturated rings. The molecule has 10 heteroatoms. The smallest absolute Gasteiger partial charge is 0.324 e. The van der Waals surface area contributed by atoms with Crippen molar-refractivity contribution in [1.82, 2.24) is 10.3 Å². The van der Waals surface area contributed by atoms with E-state index in [1.165, 1.54) is 5.01 Å². The lowest BCUT2D eigenvalue weighted by atomic mass is 10.0. The molecule has 0 radical (unpaired) electrons. The van der Waals surface area contributed by atoms with Crippen molar-refractivity contribution in [3.63, 3.8) is 0 Å². The molecule has 128 valence electrons. The maximum absolute atomic E-state index is 11.2. The van der Waals surface area contributed by atoms with Crippen LogP contribution in [0.1, 0.15) is 12.8 Å². The van der Waals surface area contributed by atoms with Gasteiger partial charge in [0, 0.05) is 6.54 Å². The van der Waals surface area contributed by atoms with E-state index in [1.807, 2.05) is 6.08 Å². The summed E-state index contributed by atoms with van der Waals surface area (Å²) in [5.74, 6) is -0.925. The topological polar surface area (TPSA) is 137 Å². The molecule has 0 spiro atoms. The fourth-order valence-electron chi connectivity index (χ4n) is 2.40. The van der Waals surface area contributed by atoms with Crippen molar-refractivity contribution in [2.45, 2.75) is 24.1 Å². The Morgan fingerprint density at radius 2 is 2.30 bits per heavy atom. The van der Waals surface area contributed by atoms with Gasteiger partial charge in [0.15, 0.2) is 0 Å². The van der Waals surface area contributed by atoms with Gasteiger partial charge >= 0.3 is 5.97 Å². The van der Waals surface area contributed by atoms with E-state index in [2.05, 4.69) is 15.7 Å². The number of nitrogens with two attached hydrogens (primary N) is 1. The van der Waals surface area contributed by atoms with Gasteiger partial charge in [0.25, 0.3) is 0 Å². The summed E-state index contributed by atoms with van der Waals surface area (Å²) in [6.45, 7) is 1.71. The lowest BCUT2D eigenvalue weighted by Gasteiger charge is -2.15. The first kappa shape index (κ1) is 17.6. The summed E-state index contributed by atoms with van der Waals surface area (Å²) in [7, 11) is -3.52. The molecule has 2 atom stereocenters. The SMILES string of the molecule is NS(=O)(=O)C1C=CC(CCNCC2CN(CC(=O)O)N=N2)=CC1. The van der Waals surface area contributed by atoms with E-state index in [1.54, 1.807) is 12.2 Å². The average molecular weight is 343 g/mol. The molecule has 2 aliphatic rings. The van der Waals surface area contributed by atoms with Gasteiger partial charge in [0.1, 0.15) is 12.6 Å². The molecule has 9 nitrogen and oxygen atoms in total. The van der Waals surface area contributed by atoms with Gasteiger partial charge in [-0.2, -0.15) is 5.11 Å². The van der Waals surface area contributed by atoms with Crippen LogP contribution in [0.4, 0.5) is 0 Å². The third-order valence-corrected chi connectivity index (χ3v) is 4.80. The number of nitrogens with one attached hydrogen (secondary N) is 1. The number of nitrogens with zero attached hydrogens (tertiary/aromatic N) is 3. The van der Waals surface area contributed by atoms with Crippen molar-refractivity contribution >= 4 is 16.0 Å². The third-order valence-electron chi connectivity index (χ3n) is 3.61. The number of allylic oxidation sites excluding steroid dienone is 2. The van der Waals surface area contributed by atoms with E-state index in [9.17, 15) is 13.2 Å². The normalized spacial score (nSPS) is 24.0. The van der Waals surface area contributed by atoms with Crippen molar-refractivity contribution < 1.29 is 18.3 Å². The van der Waals surface area contributed by atoms with Crippen LogP contribution in [0, 0.1) is 0 Å². The number of aliphatic carboxylic acids is 1. The Labute approximate surface area is 135 Å². The number of carbonyl (C=O) groups is 1. The van der Waals surface area contributed by atoms with E-state index < -0.39 is 21.2 Å². The van der Waals surface area contributed by atoms with Crippen LogP contribution in [0.5, 0.6) is 0 Å². The molecule has 1 aliphatic heterocycles. The highest BCUT2D eigenvalue weighted by Crippen LogP contribution is 2.17. The number of carboxylic acids is 1. The second-order valence-corrected chi connectivity index (χ2v) is 7.34. The summed E-state index contributed by atoms with van der Waals surface area (Å²) in [6, 6.07) is -0.0445. The molecule has 2 unspecified atom stereocenters. The predicted octanol–water partition coefficient (Wildman–Crippen LogP) is -0.354. The molecule has 1 heterocycles. The van der Waals surface area contributed by atoms with Crippen LogP contribution in [-0.2, 0) is 14.8 Å². The van der Waals surface area contributed by atoms with E-state index in [0.29, 0.717) is 19.5 Å². The third kappa shape index (κ3) is 5.73. The minimum Gasteiger partial charge on any atom is -0.480 e. The van der Waals surface area contributed by atoms with Gasteiger partial charge in [-0.15, -0.1) is 0 Å². The van der Waals surface area contributed by atoms with E-state index >= 15 is 0 Å². The molecule has 0 amide bonds. The van der Waals surface area contributed by atoms with Crippen LogP contribution in [0.3, 0.4) is 0 Å². The number of sulfonamides is 1. The van der Waals surface area contributed by atoms with Crippen LogP contribution in [-0.4, -0.2) is 62.0 Å². The highest BCUT2D eigenvalue weighted by atomic mass is 32.2. The van der Waals surface area contributed by atoms with Crippen LogP contribution in [0.15, 0.2) is 34.1 Å². The van der Waals surface area contributed by atoms with Gasteiger partial charge in [0.05, 0.1) is 11.8 Å². The van der Waals surface area contributed by atoms with Gasteiger partial charge < -0.3 is 10.4 Å². The van der Waals surface area contributed by atoms with Crippen molar-refractivity contribution in [2.75, 3.05) is 26.2 Å². The fraction of sp³-hybridized carbons (Fsp3) is 0.615. The zero-order chi connectivity index (χ0) is 16.9. The Balaban J connectivity index is 1.62. The number of carboxylic acid groups (broad SMARTS) is 1. The summed E-state index contributed by atoms with van der Waals surface area (Å²) < 4.78 is 22.4. The molecule has 2 rings (SSSR count). The standard InChI is InChI=1S/C13H21N5O4S/c14-23(21,22)12-3-1-10(2-4-12)5-6-15-7-11-8-18(17-16-11)9-13(19)20/h1-3,11-12,15H,4-9H2,(H,19,20)(H2,14,21,22). The van der Waals surface area contributed by atoms with Crippen LogP contribution in [0.2, 0.25) is 0 Å². The molecular weight excluding hydrogens is 322 g/mol. The van der Waals surface area contributed by atoms with E-state index in [0.717, 1.165) is 18.5 Å². The van der Waals surface area contributed by atoms with Crippen molar-refractivity contribution in [3.05, 3.63) is 23.8 Å². The molecule has 0 aromatic carbocycles. The first-order chi connectivity index (χ1) is 10.8. The van der Waals surface area contributed by atoms with Crippen molar-refractivity contribution in [2.24, 2.45) is 15.5 Å². The van der Waals surface area contributed by atoms with E-state index in [-0.39, 0.29) is 12.6 Å². The number of hydrogen-bond acceptors (Lipinski definition) is 7. The minimum atomic E-state index is -3.52. The highest BCUT2D eigenvalue weighted by Gasteiger charge is 2.21. The molecule has 0 aromatic heterocycles. The highest BCUT2D eigenvalue weighted by molar-refractivity contribution is 7.89. The summed E-state index contributed by atoms with van der Waals surface area (Å²) in [5.41, 5.74) is 1.07. The van der Waals surface area contributed by atoms with E-state index in [4.69, 9.17) is 10.2 Å². The summed E-state index contributed by atoms with van der Waals surface area (Å²) >= 11 is 0. The average Bonchev–Trinajstić information content (AvgIpc) is 2.90. The summed E-state index contributed by atoms with van der Waals surface area (Å²) in [5, 5.41) is 25.6. The monoisotopic (exact) mass is 343 g/mol. The van der Waals surface area contributed by atoms with Crippen LogP contribution >= 0.6 is 0 Å². The van der Waals surface area contributed by atoms with Gasteiger partial charge in [0.2, 0.25) is 10.0 Å². The molecule has 0 saturated heterocycles. The minimum absolute atomic E-state index is 0.0445. The molecule has 23 heavy (non-hydrogen) atoms. The lowest BCUT2D eigenvalue weighted by Crippen LogP contribution is -2.33. The first-order valence-corrected chi connectivity index (χ1v) is 8.92. The molecule has 4 N–H and O–H groups in total. The largest absolute Gasteiger partial charge is 0.480 e. The van der Waals surface area contributed by atoms with Crippen LogP contribution < -0.4 is 10.5 Å². The Bertz CT molecular complexity index is 628. The first-order valence-electron chi connectivity index (χ1n) is 7.31. The maximum atomic E-state index is 11.2. The Morgan fingerprint density at radius 1 is 1.52 bits per heavy atom. The Kier molecular flexibility index (Phi) is 5.85. The second kappa shape index (κ2) is 7.66. The van der Waals surface area contributed by atoms with Gasteiger partial charge in [-0.1, -0.05) is 29.0 Å². The van der Waals surface area contributed by atoms with Gasteiger partial charge in [-0.05, 0) is 19.4 Å². The predicted molar refractivity (Wildman–Crippen MR) is 84.1 cm³/mol. The lowest BCUT2D eigenvalue weighted by molar-refractivity contribution is -0.138. The van der Waals surface area contributed by atoms with Crippen molar-refractivity contribution in [1.29, 1.82) is 0 Å². The quantitative estimate of drug-likeness (QED) is 0.515. The molecular formula is C13H21N5O4S. The van der Waals surface area contributed by atoms with Crippen LogP contribution in [0.25, 0.3) is 0 Å². The molecule has 0 saturated carbocycles. The zero-order valence-electron chi connectivity index (χ0n) is 12.6. The Hall–Kier alpha value is -1.78. The molecule has 0 aromatic rings. The number of primary sulfonamides is 1. The maximum Gasteiger partial charge on any atom is 0.324 e.